The normalized spacial score (nSPS) is 19.9. The average molecular weight is 507 g/mol. The third-order valence-electron chi connectivity index (χ3n) is 6.23. The van der Waals surface area contributed by atoms with Gasteiger partial charge in [0, 0.05) is 34.9 Å². The molecule has 1 atom stereocenters. The van der Waals surface area contributed by atoms with Crippen molar-refractivity contribution in [3.05, 3.63) is 87.0 Å². The number of benzene rings is 2. The zero-order valence-corrected chi connectivity index (χ0v) is 20.0. The Bertz CT molecular complexity index is 1280. The van der Waals surface area contributed by atoms with E-state index in [-0.39, 0.29) is 33.9 Å². The van der Waals surface area contributed by atoms with Crippen molar-refractivity contribution in [2.45, 2.75) is 45.7 Å². The summed E-state index contributed by atoms with van der Waals surface area (Å²) in [7, 11) is 0. The molecule has 0 radical (unpaired) electrons. The van der Waals surface area contributed by atoms with E-state index in [1.54, 1.807) is 6.92 Å². The van der Waals surface area contributed by atoms with Gasteiger partial charge in [-0.2, -0.15) is 13.2 Å². The number of dihydropyridines is 1. The Morgan fingerprint density at radius 2 is 1.77 bits per heavy atom. The van der Waals surface area contributed by atoms with Crippen molar-refractivity contribution in [3.8, 4) is 0 Å². The number of anilines is 1. The van der Waals surface area contributed by atoms with Crippen LogP contribution in [0.25, 0.3) is 0 Å². The van der Waals surface area contributed by atoms with Crippen LogP contribution in [0, 0.1) is 11.2 Å². The molecular weight excluding hydrogens is 484 g/mol. The maximum Gasteiger partial charge on any atom is 0.416 e. The Morgan fingerprint density at radius 1 is 1.11 bits per heavy atom. The molecule has 35 heavy (non-hydrogen) atoms. The van der Waals surface area contributed by atoms with E-state index in [0.29, 0.717) is 29.0 Å². The number of allylic oxidation sites excluding steroid dienone is 3. The number of Topliss-reactive ketones (excluding diaryl/α,β-unsaturated/α-hetero) is 1. The Kier molecular flexibility index (Phi) is 6.30. The Morgan fingerprint density at radius 3 is 2.40 bits per heavy atom. The number of alkyl halides is 3. The summed E-state index contributed by atoms with van der Waals surface area (Å²) in [6, 6.07) is 8.13. The lowest BCUT2D eigenvalue weighted by molar-refractivity contribution is -0.137. The third-order valence-corrected chi connectivity index (χ3v) is 6.56. The van der Waals surface area contributed by atoms with Crippen molar-refractivity contribution >= 4 is 29.0 Å². The predicted molar refractivity (Wildman–Crippen MR) is 125 cm³/mol. The highest BCUT2D eigenvalue weighted by molar-refractivity contribution is 6.34. The summed E-state index contributed by atoms with van der Waals surface area (Å²) in [6.45, 7) is 5.61. The van der Waals surface area contributed by atoms with Gasteiger partial charge in [0.15, 0.2) is 5.78 Å². The molecule has 0 saturated carbocycles. The van der Waals surface area contributed by atoms with E-state index < -0.39 is 29.4 Å². The van der Waals surface area contributed by atoms with Crippen LogP contribution in [0.15, 0.2) is 65.0 Å². The van der Waals surface area contributed by atoms with E-state index in [2.05, 4.69) is 10.6 Å². The smallest absolute Gasteiger partial charge is 0.362 e. The van der Waals surface area contributed by atoms with Crippen molar-refractivity contribution < 1.29 is 27.2 Å². The van der Waals surface area contributed by atoms with Gasteiger partial charge in [0.2, 0.25) is 0 Å². The Labute approximate surface area is 205 Å². The van der Waals surface area contributed by atoms with E-state index in [0.717, 1.165) is 18.2 Å². The molecule has 1 aliphatic carbocycles. The summed E-state index contributed by atoms with van der Waals surface area (Å²) in [5.74, 6) is -2.15. The van der Waals surface area contributed by atoms with E-state index in [1.165, 1.54) is 24.3 Å². The second-order valence-corrected chi connectivity index (χ2v) is 10.0. The molecule has 0 unspecified atom stereocenters. The van der Waals surface area contributed by atoms with Gasteiger partial charge in [0.25, 0.3) is 5.91 Å². The van der Waals surface area contributed by atoms with Crippen LogP contribution in [-0.2, 0) is 15.8 Å². The summed E-state index contributed by atoms with van der Waals surface area (Å²) in [5, 5.41) is 5.59. The fraction of sp³-hybridized carbons (Fsp3) is 0.308. The Hall–Kier alpha value is -3.13. The minimum Gasteiger partial charge on any atom is -0.362 e. The minimum absolute atomic E-state index is 0.0675. The van der Waals surface area contributed by atoms with Crippen molar-refractivity contribution in [1.29, 1.82) is 0 Å². The minimum atomic E-state index is -4.62. The van der Waals surface area contributed by atoms with E-state index in [1.807, 2.05) is 13.8 Å². The topological polar surface area (TPSA) is 58.2 Å². The summed E-state index contributed by atoms with van der Waals surface area (Å²) < 4.78 is 53.3. The molecule has 4 rings (SSSR count). The first-order valence-electron chi connectivity index (χ1n) is 10.9. The van der Waals surface area contributed by atoms with Crippen LogP contribution in [0.1, 0.15) is 50.7 Å². The summed E-state index contributed by atoms with van der Waals surface area (Å²) >= 11 is 6.08. The van der Waals surface area contributed by atoms with Crippen LogP contribution in [0.4, 0.5) is 23.2 Å². The van der Waals surface area contributed by atoms with E-state index in [9.17, 15) is 27.2 Å². The van der Waals surface area contributed by atoms with Gasteiger partial charge in [0.1, 0.15) is 5.82 Å². The van der Waals surface area contributed by atoms with Crippen molar-refractivity contribution in [3.63, 3.8) is 0 Å². The molecule has 2 N–H and O–H groups in total. The van der Waals surface area contributed by atoms with Crippen LogP contribution in [0.3, 0.4) is 0 Å². The van der Waals surface area contributed by atoms with Gasteiger partial charge in [-0.15, -0.1) is 0 Å². The van der Waals surface area contributed by atoms with Crippen molar-refractivity contribution in [2.75, 3.05) is 5.32 Å². The van der Waals surface area contributed by atoms with Crippen molar-refractivity contribution in [1.82, 2.24) is 5.32 Å². The molecule has 9 heteroatoms. The van der Waals surface area contributed by atoms with Crippen LogP contribution in [0.2, 0.25) is 5.02 Å². The number of amides is 1. The quantitative estimate of drug-likeness (QED) is 0.453. The molecule has 2 aliphatic rings. The fourth-order valence-electron chi connectivity index (χ4n) is 4.71. The maximum atomic E-state index is 13.7. The van der Waals surface area contributed by atoms with Crippen LogP contribution in [-0.4, -0.2) is 11.7 Å². The lowest BCUT2D eigenvalue weighted by Gasteiger charge is -2.39. The standard InChI is InChI=1S/C26H23ClF4N2O2/c1-13-21(24(35)33-18-10-15(26(29,30)31)6-9-17(18)27)22(14-4-7-16(28)8-5-14)23-19(32-13)11-25(2,3)12-20(23)34/h4-10,22,32H,11-12H2,1-3H3,(H,33,35)/t22-/m0/s1. The molecule has 1 heterocycles. The molecule has 2 aromatic carbocycles. The number of carbonyl (C=O) groups is 2. The number of carbonyl (C=O) groups excluding carboxylic acids is 2. The lowest BCUT2D eigenvalue weighted by Crippen LogP contribution is -2.39. The summed E-state index contributed by atoms with van der Waals surface area (Å²) in [4.78, 5) is 26.8. The number of ketones is 1. The molecule has 4 nitrogen and oxygen atoms in total. The molecule has 0 saturated heterocycles. The second-order valence-electron chi connectivity index (χ2n) is 9.63. The van der Waals surface area contributed by atoms with Gasteiger partial charge in [-0.3, -0.25) is 9.59 Å². The highest BCUT2D eigenvalue weighted by Gasteiger charge is 2.43. The van der Waals surface area contributed by atoms with Crippen molar-refractivity contribution in [2.24, 2.45) is 5.41 Å². The van der Waals surface area contributed by atoms with Crippen LogP contribution >= 0.6 is 11.6 Å². The first-order valence-corrected chi connectivity index (χ1v) is 11.3. The molecule has 0 fully saturated rings. The molecule has 2 aromatic rings. The van der Waals surface area contributed by atoms with E-state index >= 15 is 0 Å². The maximum absolute atomic E-state index is 13.7. The molecule has 0 spiro atoms. The lowest BCUT2D eigenvalue weighted by atomic mass is 9.68. The van der Waals surface area contributed by atoms with E-state index in [4.69, 9.17) is 11.6 Å². The van der Waals surface area contributed by atoms with Gasteiger partial charge < -0.3 is 10.6 Å². The predicted octanol–water partition coefficient (Wildman–Crippen LogP) is 6.74. The van der Waals surface area contributed by atoms with Gasteiger partial charge in [-0.25, -0.2) is 4.39 Å². The number of rotatable bonds is 3. The average Bonchev–Trinajstić information content (AvgIpc) is 2.73. The monoisotopic (exact) mass is 506 g/mol. The first kappa shape index (κ1) is 25.0. The largest absolute Gasteiger partial charge is 0.416 e. The molecule has 184 valence electrons. The third kappa shape index (κ3) is 4.98. The highest BCUT2D eigenvalue weighted by Crippen LogP contribution is 2.47. The summed E-state index contributed by atoms with van der Waals surface area (Å²) in [6.07, 6.45) is -3.79. The molecule has 1 aliphatic heterocycles. The van der Waals surface area contributed by atoms with Crippen LogP contribution < -0.4 is 10.6 Å². The first-order chi connectivity index (χ1) is 16.3. The van der Waals surface area contributed by atoms with Gasteiger partial charge in [0.05, 0.1) is 16.3 Å². The number of halogens is 5. The molecular formula is C26H23ClF4N2O2. The van der Waals surface area contributed by atoms with Gasteiger partial charge >= 0.3 is 6.18 Å². The molecule has 1 amide bonds. The SMILES string of the molecule is CC1=C(C(=O)Nc2cc(C(F)(F)F)ccc2Cl)[C@H](c2ccc(F)cc2)C2=C(CC(C)(C)CC2=O)N1. The zero-order valence-electron chi connectivity index (χ0n) is 19.2. The van der Waals surface area contributed by atoms with Crippen LogP contribution in [0.5, 0.6) is 0 Å². The zero-order chi connectivity index (χ0) is 25.7. The number of hydrogen-bond acceptors (Lipinski definition) is 3. The fourth-order valence-corrected chi connectivity index (χ4v) is 4.88. The summed E-state index contributed by atoms with van der Waals surface area (Å²) in [5.41, 5.74) is 0.750. The van der Waals surface area contributed by atoms with Gasteiger partial charge in [-0.05, 0) is 54.7 Å². The Balaban J connectivity index is 1.79. The molecule has 0 bridgehead atoms. The highest BCUT2D eigenvalue weighted by atomic mass is 35.5. The second kappa shape index (κ2) is 8.82. The molecule has 0 aromatic heterocycles. The number of nitrogens with one attached hydrogen (secondary N) is 2. The van der Waals surface area contributed by atoms with Gasteiger partial charge in [-0.1, -0.05) is 37.6 Å². The number of hydrogen-bond donors (Lipinski definition) is 2.